The Morgan fingerprint density at radius 1 is 0.711 bits per heavy atom. The van der Waals surface area contributed by atoms with Crippen LogP contribution in [0.15, 0.2) is 60.7 Å². The molecule has 2 rings (SSSR count). The zero-order chi connectivity index (χ0) is 27.9. The Bertz CT molecular complexity index is 1060. The first-order valence-corrected chi connectivity index (χ1v) is 13.7. The normalized spacial score (nSPS) is 12.6. The second kappa shape index (κ2) is 16.0. The van der Waals surface area contributed by atoms with Crippen LogP contribution in [0.4, 0.5) is 0 Å². The van der Waals surface area contributed by atoms with E-state index < -0.39 is 35.8 Å². The number of hydrogen-bond acceptors (Lipinski definition) is 8. The van der Waals surface area contributed by atoms with Gasteiger partial charge in [0.1, 0.15) is 23.6 Å². The van der Waals surface area contributed by atoms with Crippen molar-refractivity contribution in [3.05, 3.63) is 71.8 Å². The Hall–Kier alpha value is -3.90. The van der Waals surface area contributed by atoms with Gasteiger partial charge in [0.05, 0.1) is 14.2 Å². The molecule has 0 aliphatic rings. The van der Waals surface area contributed by atoms with Crippen molar-refractivity contribution in [2.24, 2.45) is 0 Å². The van der Waals surface area contributed by atoms with Crippen LogP contribution in [-0.4, -0.2) is 71.8 Å². The van der Waals surface area contributed by atoms with Crippen LogP contribution in [-0.2, 0) is 19.2 Å². The fourth-order valence-electron chi connectivity index (χ4n) is 2.80. The van der Waals surface area contributed by atoms with Gasteiger partial charge >= 0.3 is 11.9 Å². The van der Waals surface area contributed by atoms with Crippen molar-refractivity contribution in [2.75, 3.05) is 25.7 Å². The molecule has 38 heavy (non-hydrogen) atoms. The SMILES string of the molecule is COc1ccc(C=CC(=O)N[C@@H](CSSC[C@H](NC(=O)C=Cc2ccc(OC)cc2)C(=O)O)C(=O)O)cc1. The van der Waals surface area contributed by atoms with Crippen LogP contribution in [0.25, 0.3) is 12.2 Å². The predicted molar refractivity (Wildman–Crippen MR) is 148 cm³/mol. The number of ether oxygens (including phenoxy) is 2. The Labute approximate surface area is 227 Å². The van der Waals surface area contributed by atoms with Crippen molar-refractivity contribution in [1.82, 2.24) is 10.6 Å². The monoisotopic (exact) mass is 560 g/mol. The van der Waals surface area contributed by atoms with Gasteiger partial charge in [-0.2, -0.15) is 0 Å². The molecule has 0 radical (unpaired) electrons. The fourth-order valence-corrected chi connectivity index (χ4v) is 5.11. The molecule has 2 amide bonds. The number of rotatable bonds is 15. The molecule has 0 unspecified atom stereocenters. The van der Waals surface area contributed by atoms with Crippen molar-refractivity contribution >= 4 is 57.5 Å². The van der Waals surface area contributed by atoms with Gasteiger partial charge < -0.3 is 30.3 Å². The van der Waals surface area contributed by atoms with Crippen LogP contribution < -0.4 is 20.1 Å². The quantitative estimate of drug-likeness (QED) is 0.145. The first-order chi connectivity index (χ1) is 18.2. The van der Waals surface area contributed by atoms with Crippen LogP contribution in [0, 0.1) is 0 Å². The topological polar surface area (TPSA) is 151 Å². The standard InChI is InChI=1S/C26H28N2O8S2/c1-35-19-9-3-17(4-10-19)7-13-23(29)27-21(25(31)32)15-37-38-16-22(26(33)34)28-24(30)14-8-18-5-11-20(36-2)12-6-18/h3-14,21-22H,15-16H2,1-2H3,(H,27,29)(H,28,30)(H,31,32)(H,33,34)/t21-,22-/m0/s1. The lowest BCUT2D eigenvalue weighted by Crippen LogP contribution is -2.42. The number of hydrogen-bond donors (Lipinski definition) is 4. The van der Waals surface area contributed by atoms with Crippen LogP contribution in [0.2, 0.25) is 0 Å². The summed E-state index contributed by atoms with van der Waals surface area (Å²) in [5.41, 5.74) is 1.47. The summed E-state index contributed by atoms with van der Waals surface area (Å²) >= 11 is 0. The lowest BCUT2D eigenvalue weighted by atomic mass is 10.2. The summed E-state index contributed by atoms with van der Waals surface area (Å²) in [6, 6.07) is 11.5. The molecule has 12 heteroatoms. The minimum Gasteiger partial charge on any atom is -0.497 e. The van der Waals surface area contributed by atoms with Crippen molar-refractivity contribution < 1.29 is 38.9 Å². The highest BCUT2D eigenvalue weighted by Crippen LogP contribution is 2.23. The summed E-state index contributed by atoms with van der Waals surface area (Å²) in [5.74, 6) is -2.31. The molecule has 0 saturated carbocycles. The second-order valence-electron chi connectivity index (χ2n) is 7.58. The Morgan fingerprint density at radius 2 is 1.05 bits per heavy atom. The molecule has 0 saturated heterocycles. The largest absolute Gasteiger partial charge is 0.497 e. The van der Waals surface area contributed by atoms with Crippen LogP contribution in [0.3, 0.4) is 0 Å². The van der Waals surface area contributed by atoms with Gasteiger partial charge in [0.25, 0.3) is 0 Å². The molecule has 4 N–H and O–H groups in total. The Morgan fingerprint density at radius 3 is 1.34 bits per heavy atom. The van der Waals surface area contributed by atoms with Crippen LogP contribution >= 0.6 is 21.6 Å². The Kier molecular flexibility index (Phi) is 12.8. The maximum atomic E-state index is 12.2. The molecule has 0 bridgehead atoms. The third kappa shape index (κ3) is 11.0. The van der Waals surface area contributed by atoms with Gasteiger partial charge in [-0.05, 0) is 47.5 Å². The number of methoxy groups -OCH3 is 2. The third-order valence-electron chi connectivity index (χ3n) is 4.87. The molecule has 0 aliphatic carbocycles. The van der Waals surface area contributed by atoms with Crippen molar-refractivity contribution in [3.63, 3.8) is 0 Å². The lowest BCUT2D eigenvalue weighted by Gasteiger charge is -2.15. The highest BCUT2D eigenvalue weighted by molar-refractivity contribution is 8.76. The van der Waals surface area contributed by atoms with Crippen LogP contribution in [0.1, 0.15) is 11.1 Å². The average Bonchev–Trinajstić information content (AvgIpc) is 2.91. The number of carbonyl (C=O) groups is 4. The zero-order valence-corrected chi connectivity index (χ0v) is 22.3. The molecular weight excluding hydrogens is 532 g/mol. The molecular formula is C26H28N2O8S2. The summed E-state index contributed by atoms with van der Waals surface area (Å²) in [6.45, 7) is 0. The third-order valence-corrected chi connectivity index (χ3v) is 7.29. The predicted octanol–water partition coefficient (Wildman–Crippen LogP) is 2.95. The summed E-state index contributed by atoms with van der Waals surface area (Å²) in [4.78, 5) is 47.4. The highest BCUT2D eigenvalue weighted by atomic mass is 33.1. The Balaban J connectivity index is 1.80. The maximum Gasteiger partial charge on any atom is 0.327 e. The molecule has 2 atom stereocenters. The number of carboxylic acids is 2. The molecule has 0 spiro atoms. The minimum atomic E-state index is -1.23. The average molecular weight is 561 g/mol. The van der Waals surface area contributed by atoms with E-state index in [9.17, 15) is 29.4 Å². The summed E-state index contributed by atoms with van der Waals surface area (Å²) in [7, 11) is 5.24. The molecule has 0 fully saturated rings. The zero-order valence-electron chi connectivity index (χ0n) is 20.7. The van der Waals surface area contributed by atoms with Gasteiger partial charge in [-0.3, -0.25) is 9.59 Å². The summed E-state index contributed by atoms with van der Waals surface area (Å²) < 4.78 is 10.1. The van der Waals surface area contributed by atoms with E-state index >= 15 is 0 Å². The number of carboxylic acid groups (broad SMARTS) is 2. The first kappa shape index (κ1) is 30.3. The summed E-state index contributed by atoms with van der Waals surface area (Å²) in [5, 5.41) is 23.7. The van der Waals surface area contributed by atoms with Gasteiger partial charge in [0, 0.05) is 23.7 Å². The molecule has 10 nitrogen and oxygen atoms in total. The van der Waals surface area contributed by atoms with Gasteiger partial charge in [-0.15, -0.1) is 0 Å². The number of benzene rings is 2. The van der Waals surface area contributed by atoms with E-state index in [1.54, 1.807) is 74.9 Å². The molecule has 0 aromatic heterocycles. The van der Waals surface area contributed by atoms with E-state index in [2.05, 4.69) is 10.6 Å². The van der Waals surface area contributed by atoms with Crippen molar-refractivity contribution in [1.29, 1.82) is 0 Å². The number of amides is 2. The number of carbonyl (C=O) groups excluding carboxylic acids is 2. The van der Waals surface area contributed by atoms with Crippen molar-refractivity contribution in [3.8, 4) is 11.5 Å². The van der Waals surface area contributed by atoms with Crippen LogP contribution in [0.5, 0.6) is 11.5 Å². The van der Waals surface area contributed by atoms with E-state index in [0.717, 1.165) is 32.7 Å². The number of nitrogens with one attached hydrogen (secondary N) is 2. The van der Waals surface area contributed by atoms with E-state index in [1.807, 2.05) is 0 Å². The molecule has 202 valence electrons. The number of aliphatic carboxylic acids is 2. The molecule has 2 aromatic rings. The van der Waals surface area contributed by atoms with E-state index in [0.29, 0.717) is 11.5 Å². The van der Waals surface area contributed by atoms with Crippen molar-refractivity contribution in [2.45, 2.75) is 12.1 Å². The molecule has 0 aliphatic heterocycles. The second-order valence-corrected chi connectivity index (χ2v) is 10.1. The fraction of sp³-hybridized carbons (Fsp3) is 0.231. The maximum absolute atomic E-state index is 12.2. The first-order valence-electron chi connectivity index (χ1n) is 11.2. The van der Waals surface area contributed by atoms with Gasteiger partial charge in [0.15, 0.2) is 0 Å². The van der Waals surface area contributed by atoms with E-state index in [1.165, 1.54) is 12.2 Å². The van der Waals surface area contributed by atoms with Gasteiger partial charge in [0.2, 0.25) is 11.8 Å². The molecule has 2 aromatic carbocycles. The van der Waals surface area contributed by atoms with Gasteiger partial charge in [-0.25, -0.2) is 9.59 Å². The van der Waals surface area contributed by atoms with E-state index in [-0.39, 0.29) is 11.5 Å². The summed E-state index contributed by atoms with van der Waals surface area (Å²) in [6.07, 6.45) is 5.54. The highest BCUT2D eigenvalue weighted by Gasteiger charge is 2.22. The smallest absolute Gasteiger partial charge is 0.327 e. The van der Waals surface area contributed by atoms with Gasteiger partial charge in [-0.1, -0.05) is 45.9 Å². The van der Waals surface area contributed by atoms with E-state index in [4.69, 9.17) is 9.47 Å². The molecule has 0 heterocycles. The lowest BCUT2D eigenvalue weighted by molar-refractivity contribution is -0.141. The minimum absolute atomic E-state index is 0.0141.